The van der Waals surface area contributed by atoms with Crippen LogP contribution in [0.25, 0.3) is 0 Å². The first kappa shape index (κ1) is 18.7. The van der Waals surface area contributed by atoms with Crippen molar-refractivity contribution in [3.05, 3.63) is 58.9 Å². The topological polar surface area (TPSA) is 88.6 Å². The molecule has 3 aliphatic heterocycles. The van der Waals surface area contributed by atoms with Crippen molar-refractivity contribution in [2.24, 2.45) is 0 Å². The van der Waals surface area contributed by atoms with Gasteiger partial charge < -0.3 is 15.0 Å². The average Bonchev–Trinajstić information content (AvgIpc) is 3.11. The second-order valence-electron chi connectivity index (χ2n) is 9.00. The Kier molecular flexibility index (Phi) is 3.90. The number of carbonyl (C=O) groups excluding carboxylic acids is 3. The molecular weight excluding hydrogens is 394 g/mol. The molecule has 1 aromatic carbocycles. The van der Waals surface area contributed by atoms with Crippen LogP contribution in [0.5, 0.6) is 0 Å². The number of nitrogens with zero attached hydrogens (tertiary/aromatic N) is 2. The number of Topliss-reactive ketones (excluding diaryl/α,β-unsaturated/α-hetero) is 1. The maximum Gasteiger partial charge on any atom is 0.341 e. The van der Waals surface area contributed by atoms with E-state index in [1.807, 2.05) is 30.3 Å². The number of aromatic nitrogens is 1. The van der Waals surface area contributed by atoms with Crippen molar-refractivity contribution >= 4 is 23.3 Å². The smallest absolute Gasteiger partial charge is 0.341 e. The second-order valence-corrected chi connectivity index (χ2v) is 9.00. The maximum atomic E-state index is 13.7. The molecule has 7 nitrogen and oxygen atoms in total. The van der Waals surface area contributed by atoms with Crippen LogP contribution in [-0.4, -0.2) is 42.3 Å². The summed E-state index contributed by atoms with van der Waals surface area (Å²) in [7, 11) is 0. The summed E-state index contributed by atoms with van der Waals surface area (Å²) in [6, 6.07) is 9.53. The lowest BCUT2D eigenvalue weighted by Gasteiger charge is -2.22. The number of esters is 1. The van der Waals surface area contributed by atoms with Crippen molar-refractivity contribution in [2.45, 2.75) is 43.1 Å². The van der Waals surface area contributed by atoms with Crippen molar-refractivity contribution in [3.63, 3.8) is 0 Å². The molecule has 2 saturated heterocycles. The Bertz CT molecular complexity index is 1110. The fraction of sp³-hybridized carbons (Fsp3) is 0.417. The van der Waals surface area contributed by atoms with Crippen molar-refractivity contribution in [2.75, 3.05) is 24.5 Å². The van der Waals surface area contributed by atoms with E-state index in [1.54, 1.807) is 11.1 Å². The number of benzene rings is 1. The molecule has 1 amide bonds. The van der Waals surface area contributed by atoms with Gasteiger partial charge in [-0.3, -0.25) is 14.6 Å². The monoisotopic (exact) mass is 417 g/mol. The number of fused-ring (bicyclic) bond motifs is 2. The van der Waals surface area contributed by atoms with E-state index < -0.39 is 17.0 Å². The fourth-order valence-corrected chi connectivity index (χ4v) is 5.37. The Morgan fingerprint density at radius 1 is 1.10 bits per heavy atom. The average molecular weight is 417 g/mol. The summed E-state index contributed by atoms with van der Waals surface area (Å²) < 4.78 is 5.76. The summed E-state index contributed by atoms with van der Waals surface area (Å²) in [4.78, 5) is 44.6. The summed E-state index contributed by atoms with van der Waals surface area (Å²) >= 11 is 0. The predicted molar refractivity (Wildman–Crippen MR) is 112 cm³/mol. The molecular formula is C24H23N3O4. The molecule has 6 rings (SSSR count). The zero-order valence-electron chi connectivity index (χ0n) is 17.1. The fourth-order valence-electron chi connectivity index (χ4n) is 5.37. The standard InChI is InChI=1S/C24H23N3O4/c28-18-2-1-13-27(18)16-5-3-15(4-6-16)23(8-9-23)21(29)20-19-17(7-11-26-20)24(31-22(19)30)10-12-25-14-24/h3-7,11,25H,1-2,8-10,12-14H2. The molecule has 0 bridgehead atoms. The molecule has 1 N–H and O–H groups in total. The van der Waals surface area contributed by atoms with Crippen LogP contribution >= 0.6 is 0 Å². The van der Waals surface area contributed by atoms with Gasteiger partial charge in [-0.05, 0) is 49.6 Å². The van der Waals surface area contributed by atoms with Gasteiger partial charge in [0.2, 0.25) is 5.91 Å². The molecule has 0 radical (unpaired) electrons. The largest absolute Gasteiger partial charge is 0.449 e. The molecule has 1 aromatic heterocycles. The minimum Gasteiger partial charge on any atom is -0.449 e. The number of rotatable bonds is 4. The van der Waals surface area contributed by atoms with E-state index in [4.69, 9.17) is 4.74 Å². The van der Waals surface area contributed by atoms with E-state index in [9.17, 15) is 14.4 Å². The van der Waals surface area contributed by atoms with Crippen LogP contribution in [0.2, 0.25) is 0 Å². The van der Waals surface area contributed by atoms with Crippen LogP contribution < -0.4 is 10.2 Å². The predicted octanol–water partition coefficient (Wildman–Crippen LogP) is 2.48. The molecule has 1 spiro atoms. The number of pyridine rings is 1. The number of hydrogen-bond acceptors (Lipinski definition) is 6. The van der Waals surface area contributed by atoms with Crippen LogP contribution in [0.3, 0.4) is 0 Å². The number of ketones is 1. The summed E-state index contributed by atoms with van der Waals surface area (Å²) in [5.41, 5.74) is 1.79. The first-order valence-electron chi connectivity index (χ1n) is 10.9. The number of amides is 1. The number of hydrogen-bond donors (Lipinski definition) is 1. The highest BCUT2D eigenvalue weighted by molar-refractivity contribution is 6.12. The molecule has 4 heterocycles. The van der Waals surface area contributed by atoms with Gasteiger partial charge in [0.15, 0.2) is 11.4 Å². The van der Waals surface area contributed by atoms with Gasteiger partial charge in [0.1, 0.15) is 5.69 Å². The second kappa shape index (κ2) is 6.47. The molecule has 4 aliphatic rings. The Balaban J connectivity index is 1.35. The molecule has 1 unspecified atom stereocenters. The van der Waals surface area contributed by atoms with E-state index in [1.165, 1.54) is 0 Å². The minimum atomic E-state index is -0.676. The van der Waals surface area contributed by atoms with Crippen LogP contribution in [0, 0.1) is 0 Å². The summed E-state index contributed by atoms with van der Waals surface area (Å²) in [5.74, 6) is -0.425. The van der Waals surface area contributed by atoms with Gasteiger partial charge in [-0.2, -0.15) is 0 Å². The van der Waals surface area contributed by atoms with Crippen molar-refractivity contribution < 1.29 is 19.1 Å². The van der Waals surface area contributed by atoms with Crippen LogP contribution in [0.1, 0.15) is 64.1 Å². The van der Waals surface area contributed by atoms with Gasteiger partial charge in [0, 0.05) is 43.4 Å². The number of ether oxygens (including phenoxy) is 1. The molecule has 3 fully saturated rings. The highest BCUT2D eigenvalue weighted by Crippen LogP contribution is 2.52. The van der Waals surface area contributed by atoms with E-state index in [-0.39, 0.29) is 17.4 Å². The number of anilines is 1. The molecule has 1 saturated carbocycles. The van der Waals surface area contributed by atoms with Gasteiger partial charge >= 0.3 is 5.97 Å². The lowest BCUT2D eigenvalue weighted by atomic mass is 9.85. The SMILES string of the molecule is O=C1OC2(CCNC2)c2ccnc(C(=O)C3(c4ccc(N5CCCC5=O)cc4)CC3)c21. The summed E-state index contributed by atoms with van der Waals surface area (Å²) in [6.07, 6.45) is 5.22. The molecule has 1 atom stereocenters. The van der Waals surface area contributed by atoms with E-state index in [0.717, 1.165) is 49.2 Å². The minimum absolute atomic E-state index is 0.116. The van der Waals surface area contributed by atoms with Gasteiger partial charge in [-0.1, -0.05) is 12.1 Å². The molecule has 31 heavy (non-hydrogen) atoms. The number of carbonyl (C=O) groups is 3. The molecule has 7 heteroatoms. The maximum absolute atomic E-state index is 13.7. The Labute approximate surface area is 179 Å². The van der Waals surface area contributed by atoms with Gasteiger partial charge in [0.05, 0.1) is 11.0 Å². The lowest BCUT2D eigenvalue weighted by molar-refractivity contribution is -0.117. The van der Waals surface area contributed by atoms with Gasteiger partial charge in [0.25, 0.3) is 0 Å². The third-order valence-corrected chi connectivity index (χ3v) is 7.25. The highest BCUT2D eigenvalue weighted by atomic mass is 16.6. The third kappa shape index (κ3) is 2.62. The van der Waals surface area contributed by atoms with Crippen molar-refractivity contribution in [1.29, 1.82) is 0 Å². The normalized spacial score (nSPS) is 25.7. The first-order valence-corrected chi connectivity index (χ1v) is 10.9. The van der Waals surface area contributed by atoms with E-state index in [0.29, 0.717) is 24.9 Å². The zero-order valence-corrected chi connectivity index (χ0v) is 17.1. The molecule has 158 valence electrons. The Morgan fingerprint density at radius 3 is 2.55 bits per heavy atom. The zero-order chi connectivity index (χ0) is 21.2. The first-order chi connectivity index (χ1) is 15.0. The van der Waals surface area contributed by atoms with Crippen molar-refractivity contribution in [1.82, 2.24) is 10.3 Å². The van der Waals surface area contributed by atoms with E-state index in [2.05, 4.69) is 10.3 Å². The van der Waals surface area contributed by atoms with Gasteiger partial charge in [-0.25, -0.2) is 4.79 Å². The van der Waals surface area contributed by atoms with Crippen LogP contribution in [0.4, 0.5) is 5.69 Å². The Morgan fingerprint density at radius 2 is 1.90 bits per heavy atom. The quantitative estimate of drug-likeness (QED) is 0.607. The Hall–Kier alpha value is -3.06. The van der Waals surface area contributed by atoms with Crippen LogP contribution in [0.15, 0.2) is 36.5 Å². The summed E-state index contributed by atoms with van der Waals surface area (Å²) in [6.45, 7) is 2.07. The lowest BCUT2D eigenvalue weighted by Crippen LogP contribution is -2.29. The summed E-state index contributed by atoms with van der Waals surface area (Å²) in [5, 5.41) is 3.25. The van der Waals surface area contributed by atoms with Crippen molar-refractivity contribution in [3.8, 4) is 0 Å². The molecule has 2 aromatic rings. The third-order valence-electron chi connectivity index (χ3n) is 7.25. The number of nitrogens with one attached hydrogen (secondary N) is 1. The van der Waals surface area contributed by atoms with E-state index >= 15 is 0 Å². The molecule has 1 aliphatic carbocycles. The van der Waals surface area contributed by atoms with Gasteiger partial charge in [-0.15, -0.1) is 0 Å². The van der Waals surface area contributed by atoms with Crippen LogP contribution in [-0.2, 0) is 20.5 Å². The highest BCUT2D eigenvalue weighted by Gasteiger charge is 2.55.